The number of hydroxylamine groups is 1. The van der Waals surface area contributed by atoms with E-state index in [0.29, 0.717) is 5.56 Å². The number of phenolic OH excluding ortho intramolecular Hbond substituents is 1. The van der Waals surface area contributed by atoms with E-state index >= 15 is 0 Å². The number of amides is 2. The van der Waals surface area contributed by atoms with Crippen LogP contribution in [0, 0.1) is 12.3 Å². The number of phenols is 1. The SMILES string of the molecule is C#CCN(CC(=O)NO)C(=O)Cc1ccc(O)cc1. The number of carbonyl (C=O) groups is 2. The normalized spacial score (nSPS) is 9.47. The minimum atomic E-state index is -0.714. The molecule has 1 aromatic carbocycles. The highest BCUT2D eigenvalue weighted by atomic mass is 16.5. The van der Waals surface area contributed by atoms with Crippen LogP contribution in [0.4, 0.5) is 0 Å². The first-order valence-electron chi connectivity index (χ1n) is 5.49. The van der Waals surface area contributed by atoms with E-state index in [-0.39, 0.29) is 31.2 Å². The van der Waals surface area contributed by atoms with Crippen LogP contribution in [0.3, 0.4) is 0 Å². The average molecular weight is 262 g/mol. The van der Waals surface area contributed by atoms with Crippen molar-refractivity contribution >= 4 is 11.8 Å². The number of benzene rings is 1. The van der Waals surface area contributed by atoms with Crippen LogP contribution in [0.1, 0.15) is 5.56 Å². The third-order valence-electron chi connectivity index (χ3n) is 2.39. The van der Waals surface area contributed by atoms with E-state index in [1.165, 1.54) is 17.6 Å². The predicted octanol–water partition coefficient (Wildman–Crippen LogP) is -0.0981. The maximum atomic E-state index is 11.9. The van der Waals surface area contributed by atoms with Crippen molar-refractivity contribution in [3.8, 4) is 18.1 Å². The largest absolute Gasteiger partial charge is 0.508 e. The Labute approximate surface area is 110 Å². The van der Waals surface area contributed by atoms with Crippen LogP contribution in [-0.2, 0) is 16.0 Å². The zero-order valence-electron chi connectivity index (χ0n) is 10.2. The summed E-state index contributed by atoms with van der Waals surface area (Å²) in [6, 6.07) is 6.14. The molecule has 6 heteroatoms. The average Bonchev–Trinajstić information content (AvgIpc) is 2.40. The fourth-order valence-electron chi connectivity index (χ4n) is 1.45. The molecule has 0 bridgehead atoms. The zero-order valence-corrected chi connectivity index (χ0v) is 10.2. The van der Waals surface area contributed by atoms with E-state index in [0.717, 1.165) is 4.90 Å². The molecule has 0 aliphatic rings. The van der Waals surface area contributed by atoms with Crippen LogP contribution in [0.5, 0.6) is 5.75 Å². The Bertz CT molecular complexity index is 490. The molecule has 3 N–H and O–H groups in total. The first kappa shape index (κ1) is 14.5. The molecule has 100 valence electrons. The van der Waals surface area contributed by atoms with E-state index < -0.39 is 5.91 Å². The van der Waals surface area contributed by atoms with Gasteiger partial charge in [0.15, 0.2) is 0 Å². The minimum Gasteiger partial charge on any atom is -0.508 e. The van der Waals surface area contributed by atoms with Gasteiger partial charge in [0.2, 0.25) is 5.91 Å². The maximum Gasteiger partial charge on any atom is 0.262 e. The van der Waals surface area contributed by atoms with Crippen molar-refractivity contribution in [3.05, 3.63) is 29.8 Å². The summed E-state index contributed by atoms with van der Waals surface area (Å²) < 4.78 is 0. The van der Waals surface area contributed by atoms with Gasteiger partial charge in [-0.2, -0.15) is 0 Å². The smallest absolute Gasteiger partial charge is 0.262 e. The summed E-state index contributed by atoms with van der Waals surface area (Å²) in [5.74, 6) is 1.33. The van der Waals surface area contributed by atoms with Crippen LogP contribution in [0.25, 0.3) is 0 Å². The summed E-state index contributed by atoms with van der Waals surface area (Å²) in [5.41, 5.74) is 2.13. The molecule has 1 rings (SSSR count). The Hall–Kier alpha value is -2.52. The number of terminal acetylenes is 1. The Morgan fingerprint density at radius 1 is 1.32 bits per heavy atom. The molecule has 0 aromatic heterocycles. The van der Waals surface area contributed by atoms with Crippen molar-refractivity contribution in [1.29, 1.82) is 0 Å². The Balaban J connectivity index is 2.69. The molecule has 0 fully saturated rings. The molecule has 0 saturated carbocycles. The van der Waals surface area contributed by atoms with Gasteiger partial charge in [0.05, 0.1) is 13.0 Å². The van der Waals surface area contributed by atoms with E-state index in [1.807, 2.05) is 0 Å². The highest BCUT2D eigenvalue weighted by molar-refractivity contribution is 5.85. The van der Waals surface area contributed by atoms with Gasteiger partial charge in [0.1, 0.15) is 12.3 Å². The molecule has 0 atom stereocenters. The lowest BCUT2D eigenvalue weighted by atomic mass is 10.1. The van der Waals surface area contributed by atoms with Crippen molar-refractivity contribution in [3.63, 3.8) is 0 Å². The Kier molecular flexibility index (Phi) is 5.38. The summed E-state index contributed by atoms with van der Waals surface area (Å²) in [7, 11) is 0. The van der Waals surface area contributed by atoms with Crippen LogP contribution in [0.2, 0.25) is 0 Å². The lowest BCUT2D eigenvalue weighted by Gasteiger charge is -2.18. The summed E-state index contributed by atoms with van der Waals surface area (Å²) >= 11 is 0. The fourth-order valence-corrected chi connectivity index (χ4v) is 1.45. The summed E-state index contributed by atoms with van der Waals surface area (Å²) in [6.45, 7) is -0.331. The highest BCUT2D eigenvalue weighted by Crippen LogP contribution is 2.10. The van der Waals surface area contributed by atoms with Crippen molar-refractivity contribution in [2.24, 2.45) is 0 Å². The fraction of sp³-hybridized carbons (Fsp3) is 0.231. The lowest BCUT2D eigenvalue weighted by Crippen LogP contribution is -2.40. The number of hydrogen-bond acceptors (Lipinski definition) is 4. The molecular formula is C13H14N2O4. The number of nitrogens with one attached hydrogen (secondary N) is 1. The third-order valence-corrected chi connectivity index (χ3v) is 2.39. The molecule has 0 spiro atoms. The molecule has 0 heterocycles. The summed E-state index contributed by atoms with van der Waals surface area (Å²) in [6.07, 6.45) is 5.18. The summed E-state index contributed by atoms with van der Waals surface area (Å²) in [4.78, 5) is 24.1. The van der Waals surface area contributed by atoms with Crippen molar-refractivity contribution in [2.45, 2.75) is 6.42 Å². The van der Waals surface area contributed by atoms with Crippen molar-refractivity contribution in [2.75, 3.05) is 13.1 Å². The predicted molar refractivity (Wildman–Crippen MR) is 67.2 cm³/mol. The minimum absolute atomic E-state index is 0.0235. The van der Waals surface area contributed by atoms with E-state index in [4.69, 9.17) is 16.7 Å². The van der Waals surface area contributed by atoms with Gasteiger partial charge in [-0.05, 0) is 17.7 Å². The van der Waals surface area contributed by atoms with Gasteiger partial charge in [-0.1, -0.05) is 18.1 Å². The van der Waals surface area contributed by atoms with Crippen molar-refractivity contribution < 1.29 is 19.9 Å². The van der Waals surface area contributed by atoms with Crippen LogP contribution >= 0.6 is 0 Å². The zero-order chi connectivity index (χ0) is 14.3. The molecule has 0 aliphatic heterocycles. The van der Waals surface area contributed by atoms with Crippen LogP contribution < -0.4 is 5.48 Å². The van der Waals surface area contributed by atoms with Gasteiger partial charge in [0.25, 0.3) is 5.91 Å². The molecular weight excluding hydrogens is 248 g/mol. The lowest BCUT2D eigenvalue weighted by molar-refractivity contribution is -0.138. The number of rotatable bonds is 5. The standard InChI is InChI=1S/C13H14N2O4/c1-2-7-15(9-12(17)14-19)13(18)8-10-3-5-11(16)6-4-10/h1,3-6,16,19H,7-9H2,(H,14,17). The molecule has 6 nitrogen and oxygen atoms in total. The van der Waals surface area contributed by atoms with Crippen LogP contribution in [-0.4, -0.2) is 40.1 Å². The van der Waals surface area contributed by atoms with E-state index in [2.05, 4.69) is 5.92 Å². The van der Waals surface area contributed by atoms with Gasteiger partial charge in [-0.3, -0.25) is 14.8 Å². The second-order valence-corrected chi connectivity index (χ2v) is 3.83. The Morgan fingerprint density at radius 3 is 2.47 bits per heavy atom. The second-order valence-electron chi connectivity index (χ2n) is 3.83. The number of aromatic hydroxyl groups is 1. The van der Waals surface area contributed by atoms with Gasteiger partial charge in [0, 0.05) is 0 Å². The molecule has 0 aliphatic carbocycles. The molecule has 0 unspecified atom stereocenters. The summed E-state index contributed by atoms with van der Waals surface area (Å²) in [5, 5.41) is 17.6. The second kappa shape index (κ2) is 7.03. The monoisotopic (exact) mass is 262 g/mol. The van der Waals surface area contributed by atoms with Gasteiger partial charge < -0.3 is 10.0 Å². The van der Waals surface area contributed by atoms with E-state index in [1.54, 1.807) is 12.1 Å². The topological polar surface area (TPSA) is 89.9 Å². The van der Waals surface area contributed by atoms with Gasteiger partial charge in [-0.25, -0.2) is 5.48 Å². The highest BCUT2D eigenvalue weighted by Gasteiger charge is 2.16. The quantitative estimate of drug-likeness (QED) is 0.393. The maximum absolute atomic E-state index is 11.9. The molecule has 0 radical (unpaired) electrons. The molecule has 19 heavy (non-hydrogen) atoms. The molecule has 0 saturated heterocycles. The first-order chi connectivity index (χ1) is 9.06. The Morgan fingerprint density at radius 2 is 1.95 bits per heavy atom. The first-order valence-corrected chi connectivity index (χ1v) is 5.49. The number of hydrogen-bond donors (Lipinski definition) is 3. The third kappa shape index (κ3) is 4.69. The number of carbonyl (C=O) groups excluding carboxylic acids is 2. The molecule has 1 aromatic rings. The van der Waals surface area contributed by atoms with Crippen molar-refractivity contribution in [1.82, 2.24) is 10.4 Å². The van der Waals surface area contributed by atoms with Crippen LogP contribution in [0.15, 0.2) is 24.3 Å². The van der Waals surface area contributed by atoms with Gasteiger partial charge in [-0.15, -0.1) is 6.42 Å². The van der Waals surface area contributed by atoms with E-state index in [9.17, 15) is 9.59 Å². The molecule has 2 amide bonds. The van der Waals surface area contributed by atoms with Gasteiger partial charge >= 0.3 is 0 Å². The number of nitrogens with zero attached hydrogens (tertiary/aromatic N) is 1.